The van der Waals surface area contributed by atoms with Gasteiger partial charge in [-0.3, -0.25) is 0 Å². The van der Waals surface area contributed by atoms with Crippen molar-refractivity contribution >= 4 is 5.69 Å². The molecule has 0 unspecified atom stereocenters. The molecule has 1 atom stereocenters. The average molecular weight is 246 g/mol. The van der Waals surface area contributed by atoms with Gasteiger partial charge < -0.3 is 10.6 Å². The van der Waals surface area contributed by atoms with Crippen molar-refractivity contribution < 1.29 is 0 Å². The van der Waals surface area contributed by atoms with E-state index in [4.69, 9.17) is 5.73 Å². The maximum Gasteiger partial charge on any atom is 0.0416 e. The Balaban J connectivity index is 2.26. The van der Waals surface area contributed by atoms with E-state index in [1.165, 1.54) is 43.4 Å². The summed E-state index contributed by atoms with van der Waals surface area (Å²) >= 11 is 0. The van der Waals surface area contributed by atoms with Gasteiger partial charge >= 0.3 is 0 Å². The van der Waals surface area contributed by atoms with Crippen molar-refractivity contribution in [3.05, 3.63) is 29.8 Å². The lowest BCUT2D eigenvalue weighted by molar-refractivity contribution is 0.417. The number of nitrogens with two attached hydrogens (primary N) is 1. The highest BCUT2D eigenvalue weighted by Crippen LogP contribution is 2.31. The van der Waals surface area contributed by atoms with Crippen molar-refractivity contribution in [1.29, 1.82) is 0 Å². The summed E-state index contributed by atoms with van der Waals surface area (Å²) in [6.45, 7) is 5.41. The van der Waals surface area contributed by atoms with Crippen LogP contribution in [-0.2, 0) is 0 Å². The van der Waals surface area contributed by atoms with Crippen LogP contribution in [0.3, 0.4) is 0 Å². The highest BCUT2D eigenvalue weighted by molar-refractivity contribution is 5.55. The predicted octanol–water partition coefficient (Wildman–Crippen LogP) is 3.87. The van der Waals surface area contributed by atoms with Crippen LogP contribution < -0.4 is 10.6 Å². The number of para-hydroxylation sites is 1. The number of rotatable bonds is 4. The zero-order chi connectivity index (χ0) is 13.0. The van der Waals surface area contributed by atoms with Crippen molar-refractivity contribution in [3.8, 4) is 0 Å². The first-order valence-electron chi connectivity index (χ1n) is 7.35. The topological polar surface area (TPSA) is 29.3 Å². The summed E-state index contributed by atoms with van der Waals surface area (Å²) in [5, 5.41) is 0. The molecule has 1 saturated carbocycles. The Hall–Kier alpha value is -1.02. The Bertz CT molecular complexity index is 367. The number of benzene rings is 1. The number of nitrogens with zero attached hydrogens (tertiary/aromatic N) is 1. The van der Waals surface area contributed by atoms with Crippen LogP contribution in [0.25, 0.3) is 0 Å². The molecule has 0 bridgehead atoms. The normalized spacial score (nSPS) is 18.6. The molecule has 100 valence electrons. The molecule has 1 fully saturated rings. The number of anilines is 1. The van der Waals surface area contributed by atoms with Gasteiger partial charge in [-0.1, -0.05) is 37.5 Å². The Morgan fingerprint density at radius 1 is 1.22 bits per heavy atom. The van der Waals surface area contributed by atoms with Crippen LogP contribution in [0, 0.1) is 0 Å². The lowest BCUT2D eigenvalue weighted by Gasteiger charge is -2.37. The summed E-state index contributed by atoms with van der Waals surface area (Å²) in [6, 6.07) is 9.45. The van der Waals surface area contributed by atoms with Gasteiger partial charge in [-0.05, 0) is 38.3 Å². The van der Waals surface area contributed by atoms with Crippen LogP contribution in [0.5, 0.6) is 0 Å². The largest absolute Gasteiger partial charge is 0.369 e. The van der Waals surface area contributed by atoms with E-state index in [0.717, 1.165) is 6.54 Å². The first-order valence-corrected chi connectivity index (χ1v) is 7.35. The quantitative estimate of drug-likeness (QED) is 0.874. The monoisotopic (exact) mass is 246 g/mol. The fourth-order valence-electron chi connectivity index (χ4n) is 3.15. The van der Waals surface area contributed by atoms with E-state index in [1.807, 2.05) is 0 Å². The SMILES string of the molecule is CCN(c1ccccc1[C@H](C)N)C1CCCCC1. The Kier molecular flexibility index (Phi) is 4.65. The van der Waals surface area contributed by atoms with E-state index in [1.54, 1.807) is 0 Å². The third-order valence-electron chi connectivity index (χ3n) is 4.09. The molecule has 1 aromatic rings. The molecule has 0 aliphatic heterocycles. The standard InChI is InChI=1S/C16H26N2/c1-3-18(14-9-5-4-6-10-14)16-12-8-7-11-15(16)13(2)17/h7-8,11-14H,3-6,9-10,17H2,1-2H3/t13-/m0/s1. The van der Waals surface area contributed by atoms with Crippen LogP contribution in [0.2, 0.25) is 0 Å². The van der Waals surface area contributed by atoms with Gasteiger partial charge in [-0.2, -0.15) is 0 Å². The molecule has 0 spiro atoms. The third-order valence-corrected chi connectivity index (χ3v) is 4.09. The third kappa shape index (κ3) is 2.86. The average Bonchev–Trinajstić information content (AvgIpc) is 2.41. The molecule has 1 aliphatic carbocycles. The van der Waals surface area contributed by atoms with Crippen molar-refractivity contribution in [1.82, 2.24) is 0 Å². The molecule has 1 aromatic carbocycles. The number of hydrogen-bond donors (Lipinski definition) is 1. The fourth-order valence-corrected chi connectivity index (χ4v) is 3.15. The fraction of sp³-hybridized carbons (Fsp3) is 0.625. The maximum absolute atomic E-state index is 6.11. The zero-order valence-electron chi connectivity index (χ0n) is 11.7. The summed E-state index contributed by atoms with van der Waals surface area (Å²) in [6.07, 6.45) is 6.83. The Morgan fingerprint density at radius 3 is 2.50 bits per heavy atom. The second-order valence-corrected chi connectivity index (χ2v) is 5.43. The molecule has 0 heterocycles. The van der Waals surface area contributed by atoms with Crippen LogP contribution in [0.1, 0.15) is 57.6 Å². The molecule has 0 amide bonds. The Morgan fingerprint density at radius 2 is 1.89 bits per heavy atom. The Labute approximate surface area is 111 Å². The van der Waals surface area contributed by atoms with Crippen molar-refractivity contribution in [3.63, 3.8) is 0 Å². The molecule has 2 heteroatoms. The molecule has 2 rings (SSSR count). The highest BCUT2D eigenvalue weighted by Gasteiger charge is 2.22. The molecular weight excluding hydrogens is 220 g/mol. The van der Waals surface area contributed by atoms with Gasteiger partial charge in [0.25, 0.3) is 0 Å². The van der Waals surface area contributed by atoms with Gasteiger partial charge in [0.2, 0.25) is 0 Å². The van der Waals surface area contributed by atoms with Gasteiger partial charge in [0.05, 0.1) is 0 Å². The van der Waals surface area contributed by atoms with E-state index >= 15 is 0 Å². The summed E-state index contributed by atoms with van der Waals surface area (Å²) in [4.78, 5) is 2.57. The molecule has 0 radical (unpaired) electrons. The highest BCUT2D eigenvalue weighted by atomic mass is 15.2. The van der Waals surface area contributed by atoms with E-state index in [0.29, 0.717) is 6.04 Å². The van der Waals surface area contributed by atoms with Gasteiger partial charge in [-0.25, -0.2) is 0 Å². The van der Waals surface area contributed by atoms with Crippen LogP contribution >= 0.6 is 0 Å². The van der Waals surface area contributed by atoms with Crippen molar-refractivity contribution in [2.45, 2.75) is 58.0 Å². The second kappa shape index (κ2) is 6.24. The summed E-state index contributed by atoms with van der Waals surface area (Å²) in [5.41, 5.74) is 8.74. The van der Waals surface area contributed by atoms with Crippen molar-refractivity contribution in [2.75, 3.05) is 11.4 Å². The molecule has 18 heavy (non-hydrogen) atoms. The van der Waals surface area contributed by atoms with Gasteiger partial charge in [0, 0.05) is 24.3 Å². The maximum atomic E-state index is 6.11. The molecular formula is C16H26N2. The van der Waals surface area contributed by atoms with E-state index in [-0.39, 0.29) is 6.04 Å². The summed E-state index contributed by atoms with van der Waals surface area (Å²) in [7, 11) is 0. The van der Waals surface area contributed by atoms with Gasteiger partial charge in [0.15, 0.2) is 0 Å². The van der Waals surface area contributed by atoms with Gasteiger partial charge in [-0.15, -0.1) is 0 Å². The first kappa shape index (κ1) is 13.4. The molecule has 0 aromatic heterocycles. The first-order chi connectivity index (χ1) is 8.74. The summed E-state index contributed by atoms with van der Waals surface area (Å²) < 4.78 is 0. The smallest absolute Gasteiger partial charge is 0.0416 e. The van der Waals surface area contributed by atoms with E-state index in [9.17, 15) is 0 Å². The lowest BCUT2D eigenvalue weighted by Crippen LogP contribution is -2.37. The minimum absolute atomic E-state index is 0.110. The van der Waals surface area contributed by atoms with Gasteiger partial charge in [0.1, 0.15) is 0 Å². The van der Waals surface area contributed by atoms with Crippen molar-refractivity contribution in [2.24, 2.45) is 5.73 Å². The van der Waals surface area contributed by atoms with Crippen LogP contribution in [0.4, 0.5) is 5.69 Å². The molecule has 2 N–H and O–H groups in total. The van der Waals surface area contributed by atoms with E-state index < -0.39 is 0 Å². The predicted molar refractivity (Wildman–Crippen MR) is 78.9 cm³/mol. The zero-order valence-corrected chi connectivity index (χ0v) is 11.7. The summed E-state index contributed by atoms with van der Waals surface area (Å²) in [5.74, 6) is 0. The van der Waals surface area contributed by atoms with Crippen LogP contribution in [0.15, 0.2) is 24.3 Å². The molecule has 1 aliphatic rings. The molecule has 2 nitrogen and oxygen atoms in total. The second-order valence-electron chi connectivity index (χ2n) is 5.43. The number of hydrogen-bond acceptors (Lipinski definition) is 2. The lowest BCUT2D eigenvalue weighted by atomic mass is 9.93. The van der Waals surface area contributed by atoms with Crippen LogP contribution in [-0.4, -0.2) is 12.6 Å². The minimum Gasteiger partial charge on any atom is -0.369 e. The van der Waals surface area contributed by atoms with E-state index in [2.05, 4.69) is 43.0 Å². The molecule has 0 saturated heterocycles. The minimum atomic E-state index is 0.110.